The first-order chi connectivity index (χ1) is 6.90. The zero-order valence-corrected chi connectivity index (χ0v) is 10.5. The predicted octanol–water partition coefficient (Wildman–Crippen LogP) is 2.24. The lowest BCUT2D eigenvalue weighted by Crippen LogP contribution is -2.14. The van der Waals surface area contributed by atoms with Crippen molar-refractivity contribution in [3.05, 3.63) is 27.1 Å². The van der Waals surface area contributed by atoms with Gasteiger partial charge in [0.1, 0.15) is 0 Å². The lowest BCUT2D eigenvalue weighted by molar-refractivity contribution is 0.497. The van der Waals surface area contributed by atoms with E-state index < -0.39 is 0 Å². The molecule has 2 N–H and O–H groups in total. The van der Waals surface area contributed by atoms with Crippen LogP contribution in [-0.2, 0) is 6.54 Å². The van der Waals surface area contributed by atoms with E-state index in [0.29, 0.717) is 21.5 Å². The van der Waals surface area contributed by atoms with Gasteiger partial charge in [-0.15, -0.1) is 0 Å². The normalized spacial score (nSPS) is 22.7. The Labute approximate surface area is 97.4 Å². The molecule has 82 valence electrons. The van der Waals surface area contributed by atoms with Crippen molar-refractivity contribution >= 4 is 21.6 Å². The third-order valence-corrected chi connectivity index (χ3v) is 3.78. The molecule has 1 aliphatic carbocycles. The number of aromatic nitrogens is 1. The van der Waals surface area contributed by atoms with Crippen LogP contribution in [0.25, 0.3) is 0 Å². The summed E-state index contributed by atoms with van der Waals surface area (Å²) in [7, 11) is 0. The van der Waals surface area contributed by atoms with Crippen LogP contribution in [0, 0.1) is 11.3 Å². The Balaban J connectivity index is 2.20. The van der Waals surface area contributed by atoms with Crippen molar-refractivity contribution in [2.24, 2.45) is 11.3 Å². The molecule has 1 heterocycles. The standard InChI is InChI=1S/C11H15BrN2O/c1-11(2)3-7(11)4-14-5-8(12)10(15)9(13)6-14/h5-7H,3-4,13H2,1-2H3. The Morgan fingerprint density at radius 1 is 1.60 bits per heavy atom. The summed E-state index contributed by atoms with van der Waals surface area (Å²) >= 11 is 3.22. The fourth-order valence-corrected chi connectivity index (χ4v) is 2.36. The average molecular weight is 271 g/mol. The molecule has 3 nitrogen and oxygen atoms in total. The number of nitrogens with two attached hydrogens (primary N) is 1. The maximum absolute atomic E-state index is 11.4. The van der Waals surface area contributed by atoms with E-state index in [-0.39, 0.29) is 5.43 Å². The van der Waals surface area contributed by atoms with E-state index >= 15 is 0 Å². The van der Waals surface area contributed by atoms with E-state index in [2.05, 4.69) is 29.8 Å². The van der Waals surface area contributed by atoms with Crippen LogP contribution < -0.4 is 11.2 Å². The van der Waals surface area contributed by atoms with E-state index in [4.69, 9.17) is 5.73 Å². The van der Waals surface area contributed by atoms with Crippen molar-refractivity contribution in [3.63, 3.8) is 0 Å². The summed E-state index contributed by atoms with van der Waals surface area (Å²) in [5.74, 6) is 0.700. The Kier molecular flexibility index (Phi) is 2.41. The van der Waals surface area contributed by atoms with Gasteiger partial charge in [-0.3, -0.25) is 4.79 Å². The Bertz CT molecular complexity index is 424. The number of nitrogen functional groups attached to an aromatic ring is 1. The van der Waals surface area contributed by atoms with E-state index in [1.807, 2.05) is 10.8 Å². The lowest BCUT2D eigenvalue weighted by atomic mass is 10.1. The van der Waals surface area contributed by atoms with Crippen molar-refractivity contribution in [1.29, 1.82) is 0 Å². The van der Waals surface area contributed by atoms with Crippen LogP contribution in [0.5, 0.6) is 0 Å². The second-order valence-electron chi connectivity index (χ2n) is 4.98. The highest BCUT2D eigenvalue weighted by atomic mass is 79.9. The second-order valence-corrected chi connectivity index (χ2v) is 5.83. The van der Waals surface area contributed by atoms with Gasteiger partial charge in [-0.2, -0.15) is 0 Å². The molecule has 0 aromatic carbocycles. The molecule has 1 saturated carbocycles. The highest BCUT2D eigenvalue weighted by Gasteiger charge is 2.45. The van der Waals surface area contributed by atoms with Gasteiger partial charge in [0.05, 0.1) is 10.2 Å². The number of nitrogens with zero attached hydrogens (tertiary/aromatic N) is 1. The third kappa shape index (κ3) is 2.09. The molecule has 0 spiro atoms. The summed E-state index contributed by atoms with van der Waals surface area (Å²) in [6.45, 7) is 5.47. The maximum atomic E-state index is 11.4. The molecule has 1 aliphatic rings. The van der Waals surface area contributed by atoms with Crippen molar-refractivity contribution in [3.8, 4) is 0 Å². The van der Waals surface area contributed by atoms with Gasteiger partial charge < -0.3 is 10.3 Å². The molecule has 1 aromatic rings. The van der Waals surface area contributed by atoms with Gasteiger partial charge in [0, 0.05) is 18.9 Å². The molecule has 1 aromatic heterocycles. The summed E-state index contributed by atoms with van der Waals surface area (Å²) in [4.78, 5) is 11.4. The van der Waals surface area contributed by atoms with Crippen LogP contribution in [0.3, 0.4) is 0 Å². The van der Waals surface area contributed by atoms with Crippen LogP contribution in [0.15, 0.2) is 21.7 Å². The molecular formula is C11H15BrN2O. The van der Waals surface area contributed by atoms with Gasteiger partial charge in [-0.25, -0.2) is 0 Å². The van der Waals surface area contributed by atoms with Crippen molar-refractivity contribution in [2.75, 3.05) is 5.73 Å². The van der Waals surface area contributed by atoms with Gasteiger partial charge >= 0.3 is 0 Å². The molecule has 15 heavy (non-hydrogen) atoms. The van der Waals surface area contributed by atoms with Gasteiger partial charge in [0.2, 0.25) is 5.43 Å². The van der Waals surface area contributed by atoms with Crippen LogP contribution in [0.1, 0.15) is 20.3 Å². The quantitative estimate of drug-likeness (QED) is 0.896. The van der Waals surface area contributed by atoms with Crippen molar-refractivity contribution in [2.45, 2.75) is 26.8 Å². The molecule has 4 heteroatoms. The Morgan fingerprint density at radius 3 is 2.67 bits per heavy atom. The van der Waals surface area contributed by atoms with E-state index in [9.17, 15) is 4.79 Å². The van der Waals surface area contributed by atoms with Gasteiger partial charge in [0.15, 0.2) is 0 Å². The zero-order chi connectivity index (χ0) is 11.2. The minimum atomic E-state index is -0.124. The molecule has 0 saturated heterocycles. The summed E-state index contributed by atoms with van der Waals surface area (Å²) < 4.78 is 2.54. The first-order valence-corrected chi connectivity index (χ1v) is 5.84. The van der Waals surface area contributed by atoms with Crippen molar-refractivity contribution < 1.29 is 0 Å². The monoisotopic (exact) mass is 270 g/mol. The molecule has 1 unspecified atom stereocenters. The molecule has 0 radical (unpaired) electrons. The lowest BCUT2D eigenvalue weighted by Gasteiger charge is -2.09. The zero-order valence-electron chi connectivity index (χ0n) is 8.96. The molecule has 1 fully saturated rings. The molecule has 1 atom stereocenters. The van der Waals surface area contributed by atoms with Crippen molar-refractivity contribution in [1.82, 2.24) is 4.57 Å². The topological polar surface area (TPSA) is 48.0 Å². The van der Waals surface area contributed by atoms with Gasteiger partial charge in [0.25, 0.3) is 0 Å². The molecule has 2 rings (SSSR count). The minimum Gasteiger partial charge on any atom is -0.394 e. The molecule has 0 amide bonds. The summed E-state index contributed by atoms with van der Waals surface area (Å²) in [6.07, 6.45) is 4.78. The molecule has 0 bridgehead atoms. The Morgan fingerprint density at radius 2 is 2.20 bits per heavy atom. The number of anilines is 1. The maximum Gasteiger partial charge on any atom is 0.218 e. The number of pyridine rings is 1. The van der Waals surface area contributed by atoms with E-state index in [1.165, 1.54) is 6.42 Å². The van der Waals surface area contributed by atoms with Crippen LogP contribution in [0.4, 0.5) is 5.69 Å². The first kappa shape index (κ1) is 10.7. The van der Waals surface area contributed by atoms with E-state index in [1.54, 1.807) is 6.20 Å². The van der Waals surface area contributed by atoms with Crippen LogP contribution in [-0.4, -0.2) is 4.57 Å². The average Bonchev–Trinajstić information content (AvgIpc) is 2.69. The highest BCUT2D eigenvalue weighted by molar-refractivity contribution is 9.10. The highest BCUT2D eigenvalue weighted by Crippen LogP contribution is 2.52. The number of rotatable bonds is 2. The van der Waals surface area contributed by atoms with E-state index in [0.717, 1.165) is 6.54 Å². The number of halogens is 1. The number of hydrogen-bond acceptors (Lipinski definition) is 2. The smallest absolute Gasteiger partial charge is 0.218 e. The second kappa shape index (κ2) is 3.37. The predicted molar refractivity (Wildman–Crippen MR) is 64.7 cm³/mol. The van der Waals surface area contributed by atoms with Gasteiger partial charge in [-0.05, 0) is 33.7 Å². The van der Waals surface area contributed by atoms with Gasteiger partial charge in [-0.1, -0.05) is 13.8 Å². The first-order valence-electron chi connectivity index (χ1n) is 5.05. The SMILES string of the molecule is CC1(C)CC1Cn1cc(N)c(=O)c(Br)c1. The Hall–Kier alpha value is -0.770. The minimum absolute atomic E-state index is 0.124. The number of hydrogen-bond donors (Lipinski definition) is 1. The molecular weight excluding hydrogens is 256 g/mol. The molecule has 0 aliphatic heterocycles. The van der Waals surface area contributed by atoms with Crippen LogP contribution in [0.2, 0.25) is 0 Å². The fraction of sp³-hybridized carbons (Fsp3) is 0.545. The fourth-order valence-electron chi connectivity index (χ4n) is 1.86. The summed E-state index contributed by atoms with van der Waals surface area (Å²) in [5.41, 5.74) is 6.26. The summed E-state index contributed by atoms with van der Waals surface area (Å²) in [6, 6.07) is 0. The van der Waals surface area contributed by atoms with Crippen LogP contribution >= 0.6 is 15.9 Å². The summed E-state index contributed by atoms with van der Waals surface area (Å²) in [5, 5.41) is 0. The third-order valence-electron chi connectivity index (χ3n) is 3.21. The largest absolute Gasteiger partial charge is 0.394 e.